The summed E-state index contributed by atoms with van der Waals surface area (Å²) in [6.07, 6.45) is 2.34. The van der Waals surface area contributed by atoms with Gasteiger partial charge in [-0.05, 0) is 55.4 Å². The number of aromatic nitrogens is 4. The normalized spacial score (nSPS) is 13.4. The van der Waals surface area contributed by atoms with Crippen LogP contribution in [0.1, 0.15) is 56.0 Å². The van der Waals surface area contributed by atoms with E-state index in [1.807, 2.05) is 45.0 Å². The number of H-pyrrole nitrogens is 1. The van der Waals surface area contributed by atoms with E-state index in [2.05, 4.69) is 46.7 Å². The highest BCUT2D eigenvalue weighted by Gasteiger charge is 2.31. The predicted octanol–water partition coefficient (Wildman–Crippen LogP) is 4.24. The quantitative estimate of drug-likeness (QED) is 0.501. The van der Waals surface area contributed by atoms with Crippen molar-refractivity contribution in [1.82, 2.24) is 25.3 Å². The number of aryl methyl sites for hydroxylation is 3. The molecule has 0 aliphatic rings. The van der Waals surface area contributed by atoms with Gasteiger partial charge in [-0.3, -0.25) is 19.4 Å². The van der Waals surface area contributed by atoms with Crippen molar-refractivity contribution in [3.8, 4) is 11.1 Å². The molecular weight excluding hydrogens is 416 g/mol. The number of carbonyl (C=O) groups is 2. The number of benzene rings is 1. The van der Waals surface area contributed by atoms with E-state index in [0.29, 0.717) is 11.4 Å². The van der Waals surface area contributed by atoms with Gasteiger partial charge in [0, 0.05) is 30.2 Å². The minimum atomic E-state index is -0.690. The molecule has 3 rings (SSSR count). The van der Waals surface area contributed by atoms with Crippen molar-refractivity contribution in [1.29, 1.82) is 0 Å². The summed E-state index contributed by atoms with van der Waals surface area (Å²) in [4.78, 5) is 26.1. The summed E-state index contributed by atoms with van der Waals surface area (Å²) in [5.41, 5.74) is 5.11. The average molecular weight is 451 g/mol. The van der Waals surface area contributed by atoms with Crippen LogP contribution < -0.4 is 10.6 Å². The van der Waals surface area contributed by atoms with E-state index < -0.39 is 6.04 Å². The van der Waals surface area contributed by atoms with E-state index in [0.717, 1.165) is 28.9 Å². The number of amides is 2. The second-order valence-electron chi connectivity index (χ2n) is 9.91. The van der Waals surface area contributed by atoms with Gasteiger partial charge in [0.25, 0.3) is 5.91 Å². The predicted molar refractivity (Wildman–Crippen MR) is 130 cm³/mol. The summed E-state index contributed by atoms with van der Waals surface area (Å²) >= 11 is 0. The molecule has 0 radical (unpaired) electrons. The second-order valence-corrected chi connectivity index (χ2v) is 9.91. The number of hydrogen-bond donors (Lipinski definition) is 3. The molecule has 176 valence electrons. The van der Waals surface area contributed by atoms with Crippen molar-refractivity contribution in [3.63, 3.8) is 0 Å². The number of nitrogens with zero attached hydrogens (tertiary/aromatic N) is 3. The smallest absolute Gasteiger partial charge is 0.270 e. The number of hydrogen-bond acceptors (Lipinski definition) is 4. The molecule has 2 atom stereocenters. The lowest BCUT2D eigenvalue weighted by Crippen LogP contribution is -2.49. The van der Waals surface area contributed by atoms with Crippen molar-refractivity contribution < 1.29 is 9.59 Å². The highest BCUT2D eigenvalue weighted by molar-refractivity contribution is 6.00. The molecule has 1 aromatic carbocycles. The van der Waals surface area contributed by atoms with E-state index in [1.165, 1.54) is 4.68 Å². The fourth-order valence-electron chi connectivity index (χ4n) is 4.28. The van der Waals surface area contributed by atoms with Crippen LogP contribution in [0.4, 0.5) is 5.69 Å². The van der Waals surface area contributed by atoms with Gasteiger partial charge in [0.1, 0.15) is 11.7 Å². The van der Waals surface area contributed by atoms with Crippen LogP contribution in [-0.4, -0.2) is 37.8 Å². The molecule has 1 unspecified atom stereocenters. The van der Waals surface area contributed by atoms with Gasteiger partial charge in [-0.15, -0.1) is 0 Å². The van der Waals surface area contributed by atoms with Crippen molar-refractivity contribution >= 4 is 17.5 Å². The fourth-order valence-corrected chi connectivity index (χ4v) is 4.28. The molecule has 2 heterocycles. The van der Waals surface area contributed by atoms with Gasteiger partial charge in [0.2, 0.25) is 5.91 Å². The monoisotopic (exact) mass is 450 g/mol. The first-order chi connectivity index (χ1) is 15.5. The molecule has 2 amide bonds. The van der Waals surface area contributed by atoms with Gasteiger partial charge >= 0.3 is 0 Å². The maximum Gasteiger partial charge on any atom is 0.270 e. The van der Waals surface area contributed by atoms with Crippen molar-refractivity contribution in [2.75, 3.05) is 5.32 Å². The molecule has 0 aliphatic heterocycles. The molecule has 8 heteroatoms. The molecule has 0 saturated carbocycles. The maximum atomic E-state index is 13.3. The Kier molecular flexibility index (Phi) is 7.05. The maximum absolute atomic E-state index is 13.3. The summed E-state index contributed by atoms with van der Waals surface area (Å²) < 4.78 is 1.50. The summed E-state index contributed by atoms with van der Waals surface area (Å²) in [6, 6.07) is 8.60. The van der Waals surface area contributed by atoms with Crippen LogP contribution in [-0.2, 0) is 11.8 Å². The molecular formula is C25H34N6O2. The molecule has 3 N–H and O–H groups in total. The summed E-state index contributed by atoms with van der Waals surface area (Å²) in [6.45, 7) is 12.3. The van der Waals surface area contributed by atoms with Gasteiger partial charge < -0.3 is 10.6 Å². The van der Waals surface area contributed by atoms with Crippen molar-refractivity contribution in [2.24, 2.45) is 18.4 Å². The highest BCUT2D eigenvalue weighted by atomic mass is 16.2. The van der Waals surface area contributed by atoms with Crippen LogP contribution in [0.25, 0.3) is 11.1 Å². The summed E-state index contributed by atoms with van der Waals surface area (Å²) in [5, 5.41) is 17.2. The molecule has 0 spiro atoms. The Hall–Kier alpha value is -3.42. The van der Waals surface area contributed by atoms with Gasteiger partial charge in [0.15, 0.2) is 0 Å². The lowest BCUT2D eigenvalue weighted by Gasteiger charge is -2.29. The topological polar surface area (TPSA) is 105 Å². The molecule has 3 aromatic rings. The number of nitrogens with one attached hydrogen (secondary N) is 3. The minimum absolute atomic E-state index is 0.0111. The first-order valence-corrected chi connectivity index (χ1v) is 11.2. The lowest BCUT2D eigenvalue weighted by molar-refractivity contribution is -0.119. The third-order valence-corrected chi connectivity index (χ3v) is 5.70. The van der Waals surface area contributed by atoms with Crippen molar-refractivity contribution in [2.45, 2.75) is 54.0 Å². The van der Waals surface area contributed by atoms with E-state index in [-0.39, 0.29) is 23.1 Å². The molecule has 8 nitrogen and oxygen atoms in total. The Morgan fingerprint density at radius 1 is 1.12 bits per heavy atom. The Morgan fingerprint density at radius 2 is 1.79 bits per heavy atom. The average Bonchev–Trinajstić information content (AvgIpc) is 3.30. The minimum Gasteiger partial charge on any atom is -0.339 e. The number of rotatable bonds is 7. The fraction of sp³-hybridized carbons (Fsp3) is 0.440. The molecule has 33 heavy (non-hydrogen) atoms. The Balaban J connectivity index is 1.79. The molecule has 2 aromatic heterocycles. The van der Waals surface area contributed by atoms with Crippen LogP contribution in [0.2, 0.25) is 0 Å². The zero-order chi connectivity index (χ0) is 24.3. The zero-order valence-electron chi connectivity index (χ0n) is 20.5. The van der Waals surface area contributed by atoms with Crippen LogP contribution in [0.5, 0.6) is 0 Å². The van der Waals surface area contributed by atoms with Crippen LogP contribution >= 0.6 is 0 Å². The Bertz CT molecular complexity index is 1100. The van der Waals surface area contributed by atoms with Gasteiger partial charge in [-0.25, -0.2) is 0 Å². The van der Waals surface area contributed by atoms with Crippen LogP contribution in [0, 0.1) is 25.2 Å². The third kappa shape index (κ3) is 5.88. The van der Waals surface area contributed by atoms with Gasteiger partial charge in [-0.1, -0.05) is 39.8 Å². The molecule has 0 saturated heterocycles. The molecule has 0 fully saturated rings. The first kappa shape index (κ1) is 24.2. The highest BCUT2D eigenvalue weighted by Crippen LogP contribution is 2.28. The summed E-state index contributed by atoms with van der Waals surface area (Å²) in [5.74, 6) is -0.638. The van der Waals surface area contributed by atoms with Gasteiger partial charge in [-0.2, -0.15) is 10.2 Å². The van der Waals surface area contributed by atoms with Gasteiger partial charge in [0.05, 0.1) is 5.69 Å². The SMILES string of the molecule is Cc1n[nH]c(C)c1-c1ccc(NC(=O)[C@@H](NC(=O)c2ccnn2C)C(C)CC(C)(C)C)cc1. The van der Waals surface area contributed by atoms with E-state index in [1.54, 1.807) is 19.3 Å². The largest absolute Gasteiger partial charge is 0.339 e. The first-order valence-electron chi connectivity index (χ1n) is 11.2. The standard InChI is InChI=1S/C25H34N6O2/c1-15(14-25(4,5)6)22(28-23(32)20-12-13-26-31(20)7)24(33)27-19-10-8-18(9-11-19)21-16(2)29-30-17(21)3/h8-13,15,22H,14H2,1-7H3,(H,27,33)(H,28,32)(H,29,30)/t15?,22-/m0/s1. The molecule has 0 bridgehead atoms. The Morgan fingerprint density at radius 3 is 2.30 bits per heavy atom. The van der Waals surface area contributed by atoms with Crippen molar-refractivity contribution in [3.05, 3.63) is 53.6 Å². The van der Waals surface area contributed by atoms with E-state index in [4.69, 9.17) is 0 Å². The molecule has 0 aliphatic carbocycles. The van der Waals surface area contributed by atoms with E-state index in [9.17, 15) is 9.59 Å². The zero-order valence-corrected chi connectivity index (χ0v) is 20.5. The lowest BCUT2D eigenvalue weighted by atomic mass is 9.82. The second kappa shape index (κ2) is 9.60. The number of aromatic amines is 1. The number of carbonyl (C=O) groups excluding carboxylic acids is 2. The van der Waals surface area contributed by atoms with Crippen LogP contribution in [0.3, 0.4) is 0 Å². The Labute approximate surface area is 195 Å². The number of anilines is 1. The van der Waals surface area contributed by atoms with E-state index >= 15 is 0 Å². The van der Waals surface area contributed by atoms with Crippen LogP contribution in [0.15, 0.2) is 36.5 Å². The third-order valence-electron chi connectivity index (χ3n) is 5.70. The summed E-state index contributed by atoms with van der Waals surface area (Å²) in [7, 11) is 1.70.